The Balaban J connectivity index is 1.67. The number of benzene rings is 1. The van der Waals surface area contributed by atoms with E-state index in [1.54, 1.807) is 0 Å². The smallest absolute Gasteiger partial charge is 0.227 e. The Morgan fingerprint density at radius 3 is 2.88 bits per heavy atom. The average molecular weight is 341 g/mol. The Kier molecular flexibility index (Phi) is 4.95. The summed E-state index contributed by atoms with van der Waals surface area (Å²) in [7, 11) is 0. The van der Waals surface area contributed by atoms with Gasteiger partial charge in [-0.1, -0.05) is 18.2 Å². The van der Waals surface area contributed by atoms with E-state index in [9.17, 15) is 4.79 Å². The number of hydrogen-bond acceptors (Lipinski definition) is 3. The Morgan fingerprint density at radius 2 is 2.12 bits per heavy atom. The van der Waals surface area contributed by atoms with Crippen LogP contribution >= 0.6 is 0 Å². The van der Waals surface area contributed by atoms with Gasteiger partial charge < -0.3 is 14.6 Å². The number of anilines is 1. The van der Waals surface area contributed by atoms with Gasteiger partial charge >= 0.3 is 0 Å². The average Bonchev–Trinajstić information content (AvgIpc) is 2.94. The van der Waals surface area contributed by atoms with E-state index in [0.717, 1.165) is 42.2 Å². The van der Waals surface area contributed by atoms with Crippen molar-refractivity contribution in [1.82, 2.24) is 9.55 Å². The van der Waals surface area contributed by atoms with Crippen LogP contribution in [-0.2, 0) is 29.1 Å². The predicted octanol–water partition coefficient (Wildman–Crippen LogP) is 3.71. The number of nitrogens with one attached hydrogen (secondary N) is 1. The molecule has 2 aromatic rings. The van der Waals surface area contributed by atoms with Gasteiger partial charge in [0.25, 0.3) is 0 Å². The zero-order chi connectivity index (χ0) is 18.0. The van der Waals surface area contributed by atoms with Crippen LogP contribution < -0.4 is 5.32 Å². The predicted molar refractivity (Wildman–Crippen MR) is 98.4 cm³/mol. The molecule has 0 saturated heterocycles. The quantitative estimate of drug-likeness (QED) is 0.922. The van der Waals surface area contributed by atoms with Crippen LogP contribution in [0.1, 0.15) is 44.3 Å². The maximum Gasteiger partial charge on any atom is 0.227 e. The summed E-state index contributed by atoms with van der Waals surface area (Å²) in [5.74, 6) is 1.09. The first kappa shape index (κ1) is 17.7. The van der Waals surface area contributed by atoms with Gasteiger partial charge in [0, 0.05) is 42.0 Å². The molecule has 5 nitrogen and oxygen atoms in total. The lowest BCUT2D eigenvalue weighted by Crippen LogP contribution is -2.30. The molecule has 5 heteroatoms. The van der Waals surface area contributed by atoms with Crippen LogP contribution in [0.3, 0.4) is 0 Å². The van der Waals surface area contributed by atoms with Crippen molar-refractivity contribution in [1.29, 1.82) is 0 Å². The lowest BCUT2D eigenvalue weighted by Gasteiger charge is -2.25. The molecule has 3 rings (SSSR count). The minimum absolute atomic E-state index is 0.0137. The Morgan fingerprint density at radius 1 is 1.36 bits per heavy atom. The van der Waals surface area contributed by atoms with E-state index in [2.05, 4.69) is 14.9 Å². The molecular formula is C20H27N3O2. The zero-order valence-corrected chi connectivity index (χ0v) is 15.5. The van der Waals surface area contributed by atoms with Crippen LogP contribution in [0.25, 0.3) is 0 Å². The van der Waals surface area contributed by atoms with Crippen molar-refractivity contribution in [2.75, 3.05) is 5.32 Å². The van der Waals surface area contributed by atoms with Crippen molar-refractivity contribution >= 4 is 11.6 Å². The van der Waals surface area contributed by atoms with E-state index in [4.69, 9.17) is 4.74 Å². The maximum absolute atomic E-state index is 12.8. The summed E-state index contributed by atoms with van der Waals surface area (Å²) in [5, 5.41) is 3.11. The third-order valence-electron chi connectivity index (χ3n) is 4.60. The van der Waals surface area contributed by atoms with Crippen molar-refractivity contribution in [2.24, 2.45) is 5.92 Å². The number of hydrogen-bond donors (Lipinski definition) is 1. The fourth-order valence-corrected chi connectivity index (χ4v) is 3.14. The summed E-state index contributed by atoms with van der Waals surface area (Å²) in [6.07, 6.45) is 3.48. The highest BCUT2D eigenvalue weighted by Gasteiger charge is 2.26. The van der Waals surface area contributed by atoms with E-state index < -0.39 is 0 Å². The molecule has 0 bridgehead atoms. The third kappa shape index (κ3) is 4.28. The monoisotopic (exact) mass is 341 g/mol. The minimum atomic E-state index is -0.212. The standard InChI is InChI=1S/C20H27N3O2/c1-14-21-12-17-11-15(9-10-23(14)17)19(24)22-18-8-6-5-7-16(18)13-25-20(2,3)4/h5-8,12,15H,9-11,13H2,1-4H3,(H,22,24). The van der Waals surface area contributed by atoms with Gasteiger partial charge in [-0.2, -0.15) is 0 Å². The molecule has 0 spiro atoms. The molecule has 1 unspecified atom stereocenters. The number of carbonyl (C=O) groups excluding carboxylic acids is 1. The molecule has 1 aromatic heterocycles. The largest absolute Gasteiger partial charge is 0.371 e. The number of aryl methyl sites for hydroxylation is 1. The molecule has 0 fully saturated rings. The van der Waals surface area contributed by atoms with Gasteiger partial charge in [0.05, 0.1) is 12.2 Å². The summed E-state index contributed by atoms with van der Waals surface area (Å²) in [6.45, 7) is 9.43. The molecule has 1 aromatic carbocycles. The van der Waals surface area contributed by atoms with Crippen molar-refractivity contribution in [3.05, 3.63) is 47.5 Å². The molecule has 1 atom stereocenters. The van der Waals surface area contributed by atoms with Gasteiger partial charge in [0.2, 0.25) is 5.91 Å². The summed E-state index contributed by atoms with van der Waals surface area (Å²) < 4.78 is 8.07. The van der Waals surface area contributed by atoms with Crippen LogP contribution in [0.2, 0.25) is 0 Å². The number of fused-ring (bicyclic) bond motifs is 1. The van der Waals surface area contributed by atoms with Gasteiger partial charge in [-0.15, -0.1) is 0 Å². The molecule has 134 valence electrons. The van der Waals surface area contributed by atoms with Crippen molar-refractivity contribution in [3.63, 3.8) is 0 Å². The first-order chi connectivity index (χ1) is 11.8. The molecule has 1 aliphatic rings. The highest BCUT2D eigenvalue weighted by atomic mass is 16.5. The van der Waals surface area contributed by atoms with Crippen LogP contribution in [-0.4, -0.2) is 21.1 Å². The number of imidazole rings is 1. The Labute approximate surface area is 149 Å². The number of carbonyl (C=O) groups is 1. The van der Waals surface area contributed by atoms with E-state index >= 15 is 0 Å². The third-order valence-corrected chi connectivity index (χ3v) is 4.60. The van der Waals surface area contributed by atoms with E-state index in [1.807, 2.05) is 58.2 Å². The van der Waals surface area contributed by atoms with Gasteiger partial charge in [0.1, 0.15) is 5.82 Å². The molecule has 0 saturated carbocycles. The van der Waals surface area contributed by atoms with Crippen molar-refractivity contribution in [2.45, 2.75) is 59.3 Å². The van der Waals surface area contributed by atoms with Crippen LogP contribution in [0.4, 0.5) is 5.69 Å². The number of para-hydroxylation sites is 1. The number of amides is 1. The first-order valence-electron chi connectivity index (χ1n) is 8.87. The Bertz CT molecular complexity index is 759. The lowest BCUT2D eigenvalue weighted by molar-refractivity contribution is -0.120. The minimum Gasteiger partial charge on any atom is -0.371 e. The molecule has 0 radical (unpaired) electrons. The second-order valence-corrected chi connectivity index (χ2v) is 7.69. The molecule has 0 aliphatic carbocycles. The number of aromatic nitrogens is 2. The van der Waals surface area contributed by atoms with Crippen molar-refractivity contribution < 1.29 is 9.53 Å². The molecular weight excluding hydrogens is 314 g/mol. The second kappa shape index (κ2) is 7.00. The lowest BCUT2D eigenvalue weighted by atomic mass is 9.95. The van der Waals surface area contributed by atoms with Crippen LogP contribution in [0, 0.1) is 12.8 Å². The molecule has 2 heterocycles. The fraction of sp³-hybridized carbons (Fsp3) is 0.500. The van der Waals surface area contributed by atoms with Crippen molar-refractivity contribution in [3.8, 4) is 0 Å². The first-order valence-corrected chi connectivity index (χ1v) is 8.87. The van der Waals surface area contributed by atoms with Gasteiger partial charge in [-0.25, -0.2) is 4.98 Å². The summed E-state index contributed by atoms with van der Waals surface area (Å²) in [6, 6.07) is 7.85. The number of nitrogens with zero attached hydrogens (tertiary/aromatic N) is 2. The van der Waals surface area contributed by atoms with Crippen LogP contribution in [0.5, 0.6) is 0 Å². The fourth-order valence-electron chi connectivity index (χ4n) is 3.14. The normalized spacial score (nSPS) is 17.2. The van der Waals surface area contributed by atoms with Gasteiger partial charge in [-0.3, -0.25) is 4.79 Å². The molecule has 1 amide bonds. The zero-order valence-electron chi connectivity index (χ0n) is 15.5. The molecule has 25 heavy (non-hydrogen) atoms. The summed E-state index contributed by atoms with van der Waals surface area (Å²) >= 11 is 0. The van der Waals surface area contributed by atoms with Crippen LogP contribution in [0.15, 0.2) is 30.5 Å². The topological polar surface area (TPSA) is 56.2 Å². The van der Waals surface area contributed by atoms with E-state index in [1.165, 1.54) is 0 Å². The summed E-state index contributed by atoms with van der Waals surface area (Å²) in [4.78, 5) is 17.1. The number of rotatable bonds is 4. The highest BCUT2D eigenvalue weighted by molar-refractivity contribution is 5.93. The second-order valence-electron chi connectivity index (χ2n) is 7.69. The van der Waals surface area contributed by atoms with Gasteiger partial charge in [0.15, 0.2) is 0 Å². The molecule has 1 N–H and O–H groups in total. The van der Waals surface area contributed by atoms with E-state index in [0.29, 0.717) is 6.61 Å². The number of ether oxygens (including phenoxy) is 1. The van der Waals surface area contributed by atoms with Gasteiger partial charge in [-0.05, 0) is 40.2 Å². The summed E-state index contributed by atoms with van der Waals surface area (Å²) in [5.41, 5.74) is 2.78. The maximum atomic E-state index is 12.8. The highest BCUT2D eigenvalue weighted by Crippen LogP contribution is 2.25. The SMILES string of the molecule is Cc1ncc2n1CCC(C(=O)Nc1ccccc1COC(C)(C)C)C2. The Hall–Kier alpha value is -2.14. The van der Waals surface area contributed by atoms with E-state index in [-0.39, 0.29) is 17.4 Å². The molecule has 1 aliphatic heterocycles.